The minimum Gasteiger partial charge on any atom is -0.490 e. The van der Waals surface area contributed by atoms with Gasteiger partial charge in [0, 0.05) is 12.2 Å². The second kappa shape index (κ2) is 12.9. The number of hydrogen-bond acceptors (Lipinski definition) is 6. The lowest BCUT2D eigenvalue weighted by Gasteiger charge is -2.16. The van der Waals surface area contributed by atoms with Crippen LogP contribution in [0.5, 0.6) is 11.5 Å². The van der Waals surface area contributed by atoms with Crippen molar-refractivity contribution in [2.45, 2.75) is 31.7 Å². The van der Waals surface area contributed by atoms with E-state index in [1.807, 2.05) is 50.2 Å². The molecule has 0 atom stereocenters. The van der Waals surface area contributed by atoms with Crippen molar-refractivity contribution in [1.29, 1.82) is 0 Å². The van der Waals surface area contributed by atoms with Crippen LogP contribution in [0.15, 0.2) is 70.0 Å². The SMILES string of the molecule is CCOc1cc(CNCCc2ccc(S(N)(=O)=O)cc2)cc(Br)c1OCC(=O)Nc1ccc(C)cc1. The number of aryl methyl sites for hydroxylation is 1. The smallest absolute Gasteiger partial charge is 0.262 e. The van der Waals surface area contributed by atoms with E-state index in [-0.39, 0.29) is 17.4 Å². The molecule has 0 radical (unpaired) electrons. The molecular weight excluding hydrogens is 546 g/mol. The summed E-state index contributed by atoms with van der Waals surface area (Å²) in [4.78, 5) is 12.4. The average Bonchev–Trinajstić information content (AvgIpc) is 2.83. The first-order chi connectivity index (χ1) is 17.2. The maximum absolute atomic E-state index is 12.3. The summed E-state index contributed by atoms with van der Waals surface area (Å²) in [5.74, 6) is 0.746. The van der Waals surface area contributed by atoms with Gasteiger partial charge >= 0.3 is 0 Å². The molecule has 0 aliphatic rings. The third-order valence-corrected chi connectivity index (χ3v) is 6.74. The van der Waals surface area contributed by atoms with Gasteiger partial charge in [0.15, 0.2) is 18.1 Å². The maximum Gasteiger partial charge on any atom is 0.262 e. The highest BCUT2D eigenvalue weighted by molar-refractivity contribution is 9.10. The lowest BCUT2D eigenvalue weighted by atomic mass is 10.1. The van der Waals surface area contributed by atoms with Crippen LogP contribution in [0, 0.1) is 6.92 Å². The van der Waals surface area contributed by atoms with Crippen molar-refractivity contribution >= 4 is 37.5 Å². The van der Waals surface area contributed by atoms with Gasteiger partial charge in [-0.1, -0.05) is 29.8 Å². The molecule has 1 amide bonds. The Kier molecular flexibility index (Phi) is 9.89. The number of primary sulfonamides is 1. The van der Waals surface area contributed by atoms with Gasteiger partial charge in [0.05, 0.1) is 16.0 Å². The molecule has 0 saturated carbocycles. The highest BCUT2D eigenvalue weighted by Gasteiger charge is 2.14. The Labute approximate surface area is 220 Å². The second-order valence-corrected chi connectivity index (χ2v) is 10.6. The van der Waals surface area contributed by atoms with Crippen molar-refractivity contribution in [2.24, 2.45) is 5.14 Å². The zero-order valence-corrected chi connectivity index (χ0v) is 22.6. The summed E-state index contributed by atoms with van der Waals surface area (Å²) >= 11 is 3.54. The molecule has 8 nitrogen and oxygen atoms in total. The zero-order valence-electron chi connectivity index (χ0n) is 20.2. The number of carbonyl (C=O) groups is 1. The topological polar surface area (TPSA) is 120 Å². The Morgan fingerprint density at radius 1 is 1.00 bits per heavy atom. The molecule has 4 N–H and O–H groups in total. The Bertz CT molecular complexity index is 1280. The third-order valence-electron chi connectivity index (χ3n) is 5.22. The van der Waals surface area contributed by atoms with Gasteiger partial charge in [-0.05, 0) is 90.3 Å². The van der Waals surface area contributed by atoms with Crippen molar-refractivity contribution in [1.82, 2.24) is 5.32 Å². The molecule has 0 aromatic heterocycles. The number of carbonyl (C=O) groups excluding carboxylic acids is 1. The van der Waals surface area contributed by atoms with Gasteiger partial charge in [-0.25, -0.2) is 13.6 Å². The molecule has 3 rings (SSSR count). The van der Waals surface area contributed by atoms with Gasteiger partial charge in [-0.2, -0.15) is 0 Å². The standard InChI is InChI=1S/C26H30BrN3O5S/c1-3-34-24-15-20(16-29-13-12-19-6-10-22(11-7-19)36(28,32)33)14-23(27)26(24)35-17-25(31)30-21-8-4-18(2)5-9-21/h4-11,14-15,29H,3,12-13,16-17H2,1-2H3,(H,30,31)(H2,28,32,33). The number of sulfonamides is 1. The molecule has 0 spiro atoms. The van der Waals surface area contributed by atoms with Crippen LogP contribution in [-0.2, 0) is 27.8 Å². The number of ether oxygens (including phenoxy) is 2. The molecule has 192 valence electrons. The molecular formula is C26H30BrN3O5S. The minimum absolute atomic E-state index is 0.0995. The molecule has 10 heteroatoms. The van der Waals surface area contributed by atoms with Crippen LogP contribution in [0.2, 0.25) is 0 Å². The maximum atomic E-state index is 12.3. The first kappa shape index (κ1) is 27.7. The summed E-state index contributed by atoms with van der Waals surface area (Å²) in [6, 6.07) is 17.9. The first-order valence-corrected chi connectivity index (χ1v) is 13.8. The summed E-state index contributed by atoms with van der Waals surface area (Å²) in [5.41, 5.74) is 3.80. The number of benzene rings is 3. The number of amides is 1. The fraction of sp³-hybridized carbons (Fsp3) is 0.269. The van der Waals surface area contributed by atoms with Crippen molar-refractivity contribution in [2.75, 3.05) is 25.1 Å². The fourth-order valence-electron chi connectivity index (χ4n) is 3.41. The summed E-state index contributed by atoms with van der Waals surface area (Å²) in [6.45, 7) is 5.43. The number of anilines is 1. The van der Waals surface area contributed by atoms with Crippen LogP contribution in [-0.4, -0.2) is 34.1 Å². The van der Waals surface area contributed by atoms with Gasteiger partial charge < -0.3 is 20.1 Å². The lowest BCUT2D eigenvalue weighted by molar-refractivity contribution is -0.118. The van der Waals surface area contributed by atoms with Gasteiger partial charge in [0.1, 0.15) is 0 Å². The summed E-state index contributed by atoms with van der Waals surface area (Å²) in [5, 5.41) is 11.3. The molecule has 0 saturated heterocycles. The highest BCUT2D eigenvalue weighted by Crippen LogP contribution is 2.37. The normalized spacial score (nSPS) is 11.2. The van der Waals surface area contributed by atoms with E-state index in [9.17, 15) is 13.2 Å². The van der Waals surface area contributed by atoms with Crippen LogP contribution in [0.4, 0.5) is 5.69 Å². The van der Waals surface area contributed by atoms with Crippen LogP contribution in [0.25, 0.3) is 0 Å². The Morgan fingerprint density at radius 2 is 1.69 bits per heavy atom. The quantitative estimate of drug-likeness (QED) is 0.279. The fourth-order valence-corrected chi connectivity index (χ4v) is 4.53. The predicted octanol–water partition coefficient (Wildman–Crippen LogP) is 4.15. The number of rotatable bonds is 12. The van der Waals surface area contributed by atoms with Crippen LogP contribution in [0.1, 0.15) is 23.6 Å². The Balaban J connectivity index is 1.55. The molecule has 3 aromatic rings. The Hall–Kier alpha value is -2.92. The molecule has 0 heterocycles. The van der Waals surface area contributed by atoms with Gasteiger partial charge in [-0.15, -0.1) is 0 Å². The molecule has 0 fully saturated rings. The Morgan fingerprint density at radius 3 is 2.33 bits per heavy atom. The minimum atomic E-state index is -3.69. The zero-order chi connectivity index (χ0) is 26.1. The van der Waals surface area contributed by atoms with Gasteiger partial charge in [0.2, 0.25) is 10.0 Å². The number of halogens is 1. The number of nitrogens with one attached hydrogen (secondary N) is 2. The van der Waals surface area contributed by atoms with E-state index in [2.05, 4.69) is 26.6 Å². The van der Waals surface area contributed by atoms with Gasteiger partial charge in [-0.3, -0.25) is 4.79 Å². The summed E-state index contributed by atoms with van der Waals surface area (Å²) in [7, 11) is -3.69. The first-order valence-electron chi connectivity index (χ1n) is 11.4. The van der Waals surface area contributed by atoms with Crippen molar-refractivity contribution in [3.05, 3.63) is 81.8 Å². The highest BCUT2D eigenvalue weighted by atomic mass is 79.9. The number of hydrogen-bond donors (Lipinski definition) is 3. The molecule has 36 heavy (non-hydrogen) atoms. The monoisotopic (exact) mass is 575 g/mol. The predicted molar refractivity (Wildman–Crippen MR) is 144 cm³/mol. The van der Waals surface area contributed by atoms with Crippen molar-refractivity contribution in [3.63, 3.8) is 0 Å². The van der Waals surface area contributed by atoms with Crippen molar-refractivity contribution < 1.29 is 22.7 Å². The molecule has 3 aromatic carbocycles. The summed E-state index contributed by atoms with van der Waals surface area (Å²) < 4.78 is 35.0. The van der Waals surface area contributed by atoms with E-state index in [1.165, 1.54) is 12.1 Å². The van der Waals surface area contributed by atoms with E-state index in [0.717, 1.165) is 23.1 Å². The van der Waals surface area contributed by atoms with Crippen molar-refractivity contribution in [3.8, 4) is 11.5 Å². The van der Waals surface area contributed by atoms with Gasteiger partial charge in [0.25, 0.3) is 5.91 Å². The van der Waals surface area contributed by atoms with E-state index in [0.29, 0.717) is 41.4 Å². The van der Waals surface area contributed by atoms with Crippen LogP contribution >= 0.6 is 15.9 Å². The molecule has 0 aliphatic heterocycles. The lowest BCUT2D eigenvalue weighted by Crippen LogP contribution is -2.20. The van der Waals surface area contributed by atoms with E-state index in [1.54, 1.807) is 12.1 Å². The third kappa shape index (κ3) is 8.34. The number of nitrogens with two attached hydrogens (primary N) is 1. The van der Waals surface area contributed by atoms with E-state index >= 15 is 0 Å². The van der Waals surface area contributed by atoms with Crippen LogP contribution < -0.4 is 25.2 Å². The molecule has 0 bridgehead atoms. The summed E-state index contributed by atoms with van der Waals surface area (Å²) in [6.07, 6.45) is 0.724. The van der Waals surface area contributed by atoms with E-state index < -0.39 is 10.0 Å². The van der Waals surface area contributed by atoms with Crippen LogP contribution in [0.3, 0.4) is 0 Å². The molecule has 0 aliphatic carbocycles. The van der Waals surface area contributed by atoms with E-state index in [4.69, 9.17) is 14.6 Å². The molecule has 0 unspecified atom stereocenters. The largest absolute Gasteiger partial charge is 0.490 e. The average molecular weight is 577 g/mol. The second-order valence-electron chi connectivity index (χ2n) is 8.16.